The van der Waals surface area contributed by atoms with E-state index in [1.54, 1.807) is 13.8 Å². The first kappa shape index (κ1) is 11.8. The fourth-order valence-electron chi connectivity index (χ4n) is 1.20. The lowest BCUT2D eigenvalue weighted by molar-refractivity contribution is -0.172. The van der Waals surface area contributed by atoms with Gasteiger partial charge in [-0.1, -0.05) is 0 Å². The standard InChI is InChI=1S/C9H15NO5/c1-4-13-7(11)9(15-5-2)6-14-8(10-9)12-3/h4-6H2,1-3H3. The van der Waals surface area contributed by atoms with Gasteiger partial charge in [0.25, 0.3) is 5.72 Å². The molecule has 0 aromatic heterocycles. The summed E-state index contributed by atoms with van der Waals surface area (Å²) in [7, 11) is 1.41. The maximum absolute atomic E-state index is 11.6. The van der Waals surface area contributed by atoms with Crippen LogP contribution in [0.1, 0.15) is 13.8 Å². The number of nitrogens with zero attached hydrogens (tertiary/aromatic N) is 1. The van der Waals surface area contributed by atoms with Gasteiger partial charge in [0.2, 0.25) is 0 Å². The summed E-state index contributed by atoms with van der Waals surface area (Å²) in [4.78, 5) is 15.6. The summed E-state index contributed by atoms with van der Waals surface area (Å²) in [6.45, 7) is 4.08. The lowest BCUT2D eigenvalue weighted by Crippen LogP contribution is -2.42. The lowest BCUT2D eigenvalue weighted by Gasteiger charge is -2.20. The van der Waals surface area contributed by atoms with Gasteiger partial charge in [0, 0.05) is 6.61 Å². The van der Waals surface area contributed by atoms with Gasteiger partial charge in [-0.25, -0.2) is 4.79 Å². The van der Waals surface area contributed by atoms with Gasteiger partial charge in [0.1, 0.15) is 0 Å². The highest BCUT2D eigenvalue weighted by Crippen LogP contribution is 2.22. The molecule has 1 atom stereocenters. The highest BCUT2D eigenvalue weighted by molar-refractivity contribution is 5.85. The Hall–Kier alpha value is -1.30. The second-order valence-electron chi connectivity index (χ2n) is 2.81. The van der Waals surface area contributed by atoms with Crippen LogP contribution in [-0.2, 0) is 23.7 Å². The number of carbonyl (C=O) groups is 1. The number of hydrogen-bond donors (Lipinski definition) is 0. The van der Waals surface area contributed by atoms with Gasteiger partial charge in [0.15, 0.2) is 6.61 Å². The van der Waals surface area contributed by atoms with Crippen LogP contribution in [0.4, 0.5) is 0 Å². The molecule has 0 bridgehead atoms. The number of methoxy groups -OCH3 is 1. The molecule has 0 N–H and O–H groups in total. The molecule has 0 spiro atoms. The van der Waals surface area contributed by atoms with Gasteiger partial charge in [-0.15, -0.1) is 0 Å². The molecule has 15 heavy (non-hydrogen) atoms. The molecule has 1 aliphatic heterocycles. The minimum absolute atomic E-state index is 0.0111. The summed E-state index contributed by atoms with van der Waals surface area (Å²) in [5.74, 6) is -0.557. The van der Waals surface area contributed by atoms with E-state index in [1.165, 1.54) is 7.11 Å². The summed E-state index contributed by atoms with van der Waals surface area (Å²) in [6.07, 6.45) is 0.0384. The van der Waals surface area contributed by atoms with E-state index in [-0.39, 0.29) is 19.3 Å². The van der Waals surface area contributed by atoms with Gasteiger partial charge >= 0.3 is 12.1 Å². The number of ether oxygens (including phenoxy) is 4. The van der Waals surface area contributed by atoms with Crippen molar-refractivity contribution in [3.05, 3.63) is 0 Å². The topological polar surface area (TPSA) is 66.4 Å². The van der Waals surface area contributed by atoms with E-state index in [0.717, 1.165) is 0 Å². The molecular weight excluding hydrogens is 202 g/mol. The van der Waals surface area contributed by atoms with Crippen LogP contribution in [0.25, 0.3) is 0 Å². The van der Waals surface area contributed by atoms with Crippen molar-refractivity contribution in [1.82, 2.24) is 0 Å². The van der Waals surface area contributed by atoms with Crippen molar-refractivity contribution in [1.29, 1.82) is 0 Å². The van der Waals surface area contributed by atoms with Gasteiger partial charge in [-0.2, -0.15) is 4.99 Å². The zero-order chi connectivity index (χ0) is 11.3. The van der Waals surface area contributed by atoms with Crippen molar-refractivity contribution >= 4 is 12.1 Å². The molecule has 0 saturated heterocycles. The number of rotatable bonds is 4. The van der Waals surface area contributed by atoms with Crippen LogP contribution in [0.3, 0.4) is 0 Å². The van der Waals surface area contributed by atoms with E-state index in [2.05, 4.69) is 4.99 Å². The summed E-state index contributed by atoms with van der Waals surface area (Å²) in [5, 5.41) is 0. The van der Waals surface area contributed by atoms with E-state index in [0.29, 0.717) is 6.61 Å². The average Bonchev–Trinajstić information content (AvgIpc) is 2.64. The van der Waals surface area contributed by atoms with Crippen LogP contribution >= 0.6 is 0 Å². The zero-order valence-corrected chi connectivity index (χ0v) is 9.11. The van der Waals surface area contributed by atoms with Crippen LogP contribution in [0.5, 0.6) is 0 Å². The van der Waals surface area contributed by atoms with E-state index >= 15 is 0 Å². The predicted molar refractivity (Wildman–Crippen MR) is 51.4 cm³/mol. The van der Waals surface area contributed by atoms with Crippen molar-refractivity contribution in [3.8, 4) is 0 Å². The summed E-state index contributed by atoms with van der Waals surface area (Å²) >= 11 is 0. The zero-order valence-electron chi connectivity index (χ0n) is 9.11. The van der Waals surface area contributed by atoms with Crippen LogP contribution < -0.4 is 0 Å². The molecule has 0 aromatic rings. The average molecular weight is 217 g/mol. The van der Waals surface area contributed by atoms with Crippen molar-refractivity contribution in [2.45, 2.75) is 19.6 Å². The lowest BCUT2D eigenvalue weighted by atomic mass is 10.2. The second kappa shape index (κ2) is 4.97. The Morgan fingerprint density at radius 1 is 1.53 bits per heavy atom. The van der Waals surface area contributed by atoms with Crippen LogP contribution in [0.15, 0.2) is 4.99 Å². The number of hydrogen-bond acceptors (Lipinski definition) is 6. The van der Waals surface area contributed by atoms with E-state index < -0.39 is 11.7 Å². The number of carbonyl (C=O) groups excluding carboxylic acids is 1. The smallest absolute Gasteiger partial charge is 0.386 e. The van der Waals surface area contributed by atoms with Crippen LogP contribution in [0, 0.1) is 0 Å². The molecule has 0 fully saturated rings. The number of aliphatic imine (C=N–C) groups is 1. The summed E-state index contributed by atoms with van der Waals surface area (Å²) in [5.41, 5.74) is -1.39. The molecule has 6 nitrogen and oxygen atoms in total. The SMILES string of the molecule is CCOC(=O)C1(OCC)COC(OC)=N1. The molecular formula is C9H15NO5. The Morgan fingerprint density at radius 3 is 2.73 bits per heavy atom. The molecule has 1 unspecified atom stereocenters. The summed E-state index contributed by atoms with van der Waals surface area (Å²) < 4.78 is 20.0. The van der Waals surface area contributed by atoms with Crippen LogP contribution in [0.2, 0.25) is 0 Å². The third kappa shape index (κ3) is 2.38. The molecule has 1 rings (SSSR count). The molecule has 1 aliphatic rings. The molecule has 0 saturated carbocycles. The molecule has 6 heteroatoms. The molecule has 0 amide bonds. The number of esters is 1. The molecule has 1 heterocycles. The van der Waals surface area contributed by atoms with Gasteiger partial charge in [-0.3, -0.25) is 0 Å². The fraction of sp³-hybridized carbons (Fsp3) is 0.778. The molecule has 86 valence electrons. The van der Waals surface area contributed by atoms with Crippen molar-refractivity contribution in [2.75, 3.05) is 26.9 Å². The van der Waals surface area contributed by atoms with Crippen LogP contribution in [-0.4, -0.2) is 44.7 Å². The third-order valence-corrected chi connectivity index (χ3v) is 1.82. The fourth-order valence-corrected chi connectivity index (χ4v) is 1.20. The van der Waals surface area contributed by atoms with Gasteiger partial charge < -0.3 is 18.9 Å². The predicted octanol–water partition coefficient (Wildman–Crippen LogP) is 0.315. The first-order valence-corrected chi connectivity index (χ1v) is 4.76. The molecule has 0 aliphatic carbocycles. The summed E-state index contributed by atoms with van der Waals surface area (Å²) in [6, 6.07) is 0. The Kier molecular flexibility index (Phi) is 3.90. The minimum atomic E-state index is -1.39. The van der Waals surface area contributed by atoms with Crippen molar-refractivity contribution < 1.29 is 23.7 Å². The van der Waals surface area contributed by atoms with Gasteiger partial charge in [-0.05, 0) is 13.8 Å². The molecule has 0 radical (unpaired) electrons. The first-order valence-electron chi connectivity index (χ1n) is 4.76. The van der Waals surface area contributed by atoms with Crippen molar-refractivity contribution in [2.24, 2.45) is 4.99 Å². The normalized spacial score (nSPS) is 24.3. The maximum atomic E-state index is 11.6. The van der Waals surface area contributed by atoms with Crippen molar-refractivity contribution in [3.63, 3.8) is 0 Å². The third-order valence-electron chi connectivity index (χ3n) is 1.82. The first-order chi connectivity index (χ1) is 7.18. The van der Waals surface area contributed by atoms with E-state index in [9.17, 15) is 4.79 Å². The highest BCUT2D eigenvalue weighted by Gasteiger charge is 2.47. The minimum Gasteiger partial charge on any atom is -0.462 e. The largest absolute Gasteiger partial charge is 0.462 e. The quantitative estimate of drug-likeness (QED) is 0.634. The maximum Gasteiger partial charge on any atom is 0.386 e. The Bertz CT molecular complexity index is 265. The Morgan fingerprint density at radius 2 is 2.27 bits per heavy atom. The second-order valence-corrected chi connectivity index (χ2v) is 2.81. The monoisotopic (exact) mass is 217 g/mol. The highest BCUT2D eigenvalue weighted by atomic mass is 16.7. The Balaban J connectivity index is 2.80. The van der Waals surface area contributed by atoms with E-state index in [1.807, 2.05) is 0 Å². The van der Waals surface area contributed by atoms with E-state index in [4.69, 9.17) is 18.9 Å². The Labute approximate surface area is 88.2 Å². The molecule has 0 aromatic carbocycles. The van der Waals surface area contributed by atoms with Gasteiger partial charge in [0.05, 0.1) is 13.7 Å².